The van der Waals surface area contributed by atoms with E-state index in [1.165, 1.54) is 0 Å². The average Bonchev–Trinajstić information content (AvgIpc) is 2.85. The molecule has 2 atom stereocenters. The van der Waals surface area contributed by atoms with E-state index >= 15 is 0 Å². The third-order valence-corrected chi connectivity index (χ3v) is 7.58. The van der Waals surface area contributed by atoms with Gasteiger partial charge in [0.15, 0.2) is 0 Å². The lowest BCUT2D eigenvalue weighted by molar-refractivity contribution is -0.138. The van der Waals surface area contributed by atoms with Gasteiger partial charge in [-0.1, -0.05) is 18.2 Å². The van der Waals surface area contributed by atoms with Gasteiger partial charge in [-0.25, -0.2) is 13.1 Å². The second kappa shape index (κ2) is 11.8. The SMILES string of the molecule is N#Cc1ccc(OCCCN2CC3CN(CCCNS(=O)(=O)c4ccccc4)CC(C2)O3)cc1. The fraction of sp³-hybridized carbons (Fsp3) is 0.480. The minimum Gasteiger partial charge on any atom is -0.494 e. The summed E-state index contributed by atoms with van der Waals surface area (Å²) in [5.74, 6) is 0.791. The predicted octanol–water partition coefficient (Wildman–Crippen LogP) is 2.08. The van der Waals surface area contributed by atoms with Crippen LogP contribution in [0.15, 0.2) is 59.5 Å². The van der Waals surface area contributed by atoms with Crippen molar-refractivity contribution in [3.63, 3.8) is 0 Å². The summed E-state index contributed by atoms with van der Waals surface area (Å²) < 4.78 is 39.3. The first-order valence-electron chi connectivity index (χ1n) is 11.8. The molecule has 182 valence electrons. The van der Waals surface area contributed by atoms with Crippen LogP contribution in [0, 0.1) is 11.3 Å². The van der Waals surface area contributed by atoms with Gasteiger partial charge in [-0.2, -0.15) is 5.26 Å². The first-order valence-corrected chi connectivity index (χ1v) is 13.3. The first kappa shape index (κ1) is 24.6. The van der Waals surface area contributed by atoms with Crippen molar-refractivity contribution in [2.24, 2.45) is 0 Å². The topological polar surface area (TPSA) is 94.9 Å². The summed E-state index contributed by atoms with van der Waals surface area (Å²) in [5.41, 5.74) is 0.634. The molecule has 8 nitrogen and oxygen atoms in total. The van der Waals surface area contributed by atoms with E-state index in [0.717, 1.165) is 57.9 Å². The molecule has 34 heavy (non-hydrogen) atoms. The summed E-state index contributed by atoms with van der Waals surface area (Å²) in [4.78, 5) is 5.14. The molecule has 9 heteroatoms. The number of hydrogen-bond acceptors (Lipinski definition) is 7. The monoisotopic (exact) mass is 484 g/mol. The summed E-state index contributed by atoms with van der Waals surface area (Å²) in [6, 6.07) is 17.8. The second-order valence-electron chi connectivity index (χ2n) is 8.80. The lowest BCUT2D eigenvalue weighted by Crippen LogP contribution is -2.59. The highest BCUT2D eigenvalue weighted by Crippen LogP contribution is 2.20. The number of nitrogens with one attached hydrogen (secondary N) is 1. The van der Waals surface area contributed by atoms with Crippen LogP contribution in [-0.4, -0.2) is 82.8 Å². The normalized spacial score (nSPS) is 21.1. The number of fused-ring (bicyclic) bond motifs is 2. The second-order valence-corrected chi connectivity index (χ2v) is 10.6. The Morgan fingerprint density at radius 1 is 0.941 bits per heavy atom. The third-order valence-electron chi connectivity index (χ3n) is 6.10. The highest BCUT2D eigenvalue weighted by atomic mass is 32.2. The van der Waals surface area contributed by atoms with Gasteiger partial charge in [-0.3, -0.25) is 9.80 Å². The van der Waals surface area contributed by atoms with E-state index in [2.05, 4.69) is 20.6 Å². The Morgan fingerprint density at radius 3 is 2.18 bits per heavy atom. The minimum absolute atomic E-state index is 0.188. The molecule has 0 radical (unpaired) electrons. The number of ether oxygens (including phenoxy) is 2. The molecule has 2 aliphatic rings. The van der Waals surface area contributed by atoms with Gasteiger partial charge in [-0.05, 0) is 55.8 Å². The molecule has 1 N–H and O–H groups in total. The summed E-state index contributed by atoms with van der Waals surface area (Å²) >= 11 is 0. The lowest BCUT2D eigenvalue weighted by atomic mass is 10.1. The molecule has 2 fully saturated rings. The van der Waals surface area contributed by atoms with E-state index in [9.17, 15) is 8.42 Å². The maximum absolute atomic E-state index is 12.3. The van der Waals surface area contributed by atoms with E-state index in [4.69, 9.17) is 14.7 Å². The van der Waals surface area contributed by atoms with Gasteiger partial charge in [-0.15, -0.1) is 0 Å². The molecule has 0 aromatic heterocycles. The number of rotatable bonds is 11. The number of hydrogen-bond donors (Lipinski definition) is 1. The molecule has 2 saturated heterocycles. The Balaban J connectivity index is 1.12. The lowest BCUT2D eigenvalue weighted by Gasteiger charge is -2.46. The van der Waals surface area contributed by atoms with Gasteiger partial charge < -0.3 is 9.47 Å². The largest absolute Gasteiger partial charge is 0.494 e. The van der Waals surface area contributed by atoms with Crippen LogP contribution in [0.1, 0.15) is 18.4 Å². The van der Waals surface area contributed by atoms with Crippen LogP contribution < -0.4 is 9.46 Å². The summed E-state index contributed by atoms with van der Waals surface area (Å²) in [6.45, 7) is 6.45. The predicted molar refractivity (Wildman–Crippen MR) is 129 cm³/mol. The zero-order valence-electron chi connectivity index (χ0n) is 19.3. The Labute approximate surface area is 202 Å². The zero-order valence-corrected chi connectivity index (χ0v) is 20.1. The van der Waals surface area contributed by atoms with E-state index in [1.807, 2.05) is 12.1 Å². The van der Waals surface area contributed by atoms with Gasteiger partial charge in [0, 0.05) is 39.3 Å². The van der Waals surface area contributed by atoms with Gasteiger partial charge in [0.25, 0.3) is 0 Å². The van der Waals surface area contributed by atoms with Crippen LogP contribution >= 0.6 is 0 Å². The van der Waals surface area contributed by atoms with Crippen molar-refractivity contribution in [3.05, 3.63) is 60.2 Å². The van der Waals surface area contributed by atoms with E-state index < -0.39 is 10.0 Å². The Bertz CT molecular complexity index is 1040. The van der Waals surface area contributed by atoms with E-state index in [1.54, 1.807) is 42.5 Å². The molecule has 0 spiro atoms. The number of sulfonamides is 1. The van der Waals surface area contributed by atoms with Crippen LogP contribution in [0.5, 0.6) is 5.75 Å². The molecule has 2 bridgehead atoms. The van der Waals surface area contributed by atoms with Crippen molar-refractivity contribution in [2.45, 2.75) is 29.9 Å². The fourth-order valence-electron chi connectivity index (χ4n) is 4.52. The third kappa shape index (κ3) is 7.01. The highest BCUT2D eigenvalue weighted by molar-refractivity contribution is 7.89. The summed E-state index contributed by atoms with van der Waals surface area (Å²) in [5, 5.41) is 8.86. The zero-order chi connectivity index (χ0) is 23.8. The van der Waals surface area contributed by atoms with Gasteiger partial charge in [0.1, 0.15) is 5.75 Å². The van der Waals surface area contributed by atoms with Crippen molar-refractivity contribution in [2.75, 3.05) is 52.4 Å². The van der Waals surface area contributed by atoms with Crippen LogP contribution in [0.3, 0.4) is 0 Å². The number of nitrogens with zero attached hydrogens (tertiary/aromatic N) is 3. The minimum atomic E-state index is -3.44. The molecule has 0 saturated carbocycles. The smallest absolute Gasteiger partial charge is 0.240 e. The molecule has 0 aliphatic carbocycles. The fourth-order valence-corrected chi connectivity index (χ4v) is 5.62. The first-order chi connectivity index (χ1) is 16.5. The molecule has 2 aliphatic heterocycles. The van der Waals surface area contributed by atoms with Crippen molar-refractivity contribution in [3.8, 4) is 11.8 Å². The molecule has 0 amide bonds. The standard InChI is InChI=1S/C25H32N4O4S/c26-16-21-8-10-22(11-9-21)32-15-5-14-29-19-23-17-28(18-24(20-29)33-23)13-4-12-27-34(30,31)25-6-2-1-3-7-25/h1-3,6-11,23-24,27H,4-5,12-15,17-20H2. The van der Waals surface area contributed by atoms with E-state index in [-0.39, 0.29) is 12.2 Å². The van der Waals surface area contributed by atoms with Crippen molar-refractivity contribution in [1.29, 1.82) is 5.26 Å². The maximum atomic E-state index is 12.3. The number of morpholine rings is 2. The molecule has 2 unspecified atom stereocenters. The van der Waals surface area contributed by atoms with Crippen molar-refractivity contribution in [1.82, 2.24) is 14.5 Å². The molecular formula is C25H32N4O4S. The summed E-state index contributed by atoms with van der Waals surface area (Å²) in [7, 11) is -3.44. The van der Waals surface area contributed by atoms with Crippen LogP contribution in [-0.2, 0) is 14.8 Å². The summed E-state index contributed by atoms with van der Waals surface area (Å²) in [6.07, 6.45) is 2.08. The van der Waals surface area contributed by atoms with Crippen LogP contribution in [0.2, 0.25) is 0 Å². The van der Waals surface area contributed by atoms with Crippen molar-refractivity contribution >= 4 is 10.0 Å². The highest BCUT2D eigenvalue weighted by Gasteiger charge is 2.34. The van der Waals surface area contributed by atoms with Crippen LogP contribution in [0.25, 0.3) is 0 Å². The Kier molecular flexibility index (Phi) is 8.53. The average molecular weight is 485 g/mol. The maximum Gasteiger partial charge on any atom is 0.240 e. The van der Waals surface area contributed by atoms with Crippen LogP contribution in [0.4, 0.5) is 0 Å². The van der Waals surface area contributed by atoms with Gasteiger partial charge in [0.05, 0.1) is 35.3 Å². The van der Waals surface area contributed by atoms with Gasteiger partial charge >= 0.3 is 0 Å². The quantitative estimate of drug-likeness (QED) is 0.488. The molecule has 2 aromatic rings. The molecular weight excluding hydrogens is 452 g/mol. The molecule has 4 rings (SSSR count). The Hall–Kier alpha value is -2.48. The molecule has 2 aromatic carbocycles. The number of benzene rings is 2. The molecule has 2 heterocycles. The van der Waals surface area contributed by atoms with E-state index in [0.29, 0.717) is 23.6 Å². The van der Waals surface area contributed by atoms with Gasteiger partial charge in [0.2, 0.25) is 10.0 Å². The van der Waals surface area contributed by atoms with Crippen molar-refractivity contribution < 1.29 is 17.9 Å². The number of nitriles is 1. The Morgan fingerprint density at radius 2 is 1.56 bits per heavy atom.